The maximum Gasteiger partial charge on any atom is 0.343 e. The second-order valence-corrected chi connectivity index (χ2v) is 24.0. The predicted molar refractivity (Wildman–Crippen MR) is 333 cm³/mol. The fourth-order valence-corrected chi connectivity index (χ4v) is 12.3. The van der Waals surface area contributed by atoms with E-state index in [1.807, 2.05) is 0 Å². The predicted octanol–water partition coefficient (Wildman–Crippen LogP) is -4.00. The van der Waals surface area contributed by atoms with Gasteiger partial charge in [-0.3, -0.25) is 62.4 Å². The monoisotopic (exact) mass is 1350 g/mol. The average Bonchev–Trinajstić information content (AvgIpc) is 1.69. The molecule has 32 nitrogen and oxygen atoms in total. The highest BCUT2D eigenvalue weighted by atomic mass is 19.1. The molecule has 1 aliphatic carbocycles. The molecule has 11 amide bonds. The summed E-state index contributed by atoms with van der Waals surface area (Å²) in [6.45, 7) is -0.574. The fraction of sp³-hybridized carbons (Fsp3) is 0.469. The van der Waals surface area contributed by atoms with Crippen molar-refractivity contribution in [2.75, 3.05) is 46.1 Å². The number of benzene rings is 2. The Labute approximate surface area is 551 Å². The van der Waals surface area contributed by atoms with Gasteiger partial charge in [-0.05, 0) is 73.8 Å². The van der Waals surface area contributed by atoms with Crippen molar-refractivity contribution in [3.05, 3.63) is 110 Å². The van der Waals surface area contributed by atoms with Crippen molar-refractivity contribution < 1.29 is 96.6 Å². The second-order valence-electron chi connectivity index (χ2n) is 24.0. The number of nitrogens with two attached hydrogens (primary N) is 1. The molecule has 9 rings (SSSR count). The number of hydrogen-bond acceptors (Lipinski definition) is 21. The lowest BCUT2D eigenvalue weighted by atomic mass is 9.81. The topological polar surface area (TPSA) is 474 Å². The Balaban J connectivity index is 0.742. The molecule has 0 unspecified atom stereocenters. The maximum atomic E-state index is 15.5. The van der Waals surface area contributed by atoms with E-state index in [4.69, 9.17) is 24.9 Å². The van der Waals surface area contributed by atoms with E-state index in [-0.39, 0.29) is 68.4 Å². The van der Waals surface area contributed by atoms with Gasteiger partial charge in [-0.25, -0.2) is 14.2 Å². The van der Waals surface area contributed by atoms with Crippen LogP contribution in [0.4, 0.5) is 4.39 Å². The molecule has 4 aliphatic heterocycles. The Morgan fingerprint density at radius 2 is 1.45 bits per heavy atom. The molecule has 9 atom stereocenters. The molecule has 14 N–H and O–H groups in total. The minimum Gasteiger partial charge on any atom is -0.458 e. The number of cyclic esters (lactones) is 1. The number of hydrogen-bond donors (Lipinski definition) is 13. The van der Waals surface area contributed by atoms with Gasteiger partial charge in [0.05, 0.1) is 54.7 Å². The number of carbonyl (C=O) groups is 12. The van der Waals surface area contributed by atoms with Crippen LogP contribution in [0.5, 0.6) is 0 Å². The highest BCUT2D eigenvalue weighted by molar-refractivity contribution is 6.13. The van der Waals surface area contributed by atoms with Gasteiger partial charge in [0.2, 0.25) is 53.2 Å². The van der Waals surface area contributed by atoms with Gasteiger partial charge in [0.1, 0.15) is 62.3 Å². The van der Waals surface area contributed by atoms with E-state index in [9.17, 15) is 82.8 Å². The number of ether oxygens (including phenoxy) is 3. The third-order valence-corrected chi connectivity index (χ3v) is 17.5. The Hall–Kier alpha value is -9.93. The van der Waals surface area contributed by atoms with Gasteiger partial charge in [-0.1, -0.05) is 43.7 Å². The van der Waals surface area contributed by atoms with Gasteiger partial charge in [0, 0.05) is 67.1 Å². The van der Waals surface area contributed by atoms with Crippen LogP contribution in [-0.4, -0.2) is 194 Å². The van der Waals surface area contributed by atoms with E-state index in [0.29, 0.717) is 70.3 Å². The van der Waals surface area contributed by atoms with Gasteiger partial charge in [-0.2, -0.15) is 0 Å². The first kappa shape index (κ1) is 71.4. The van der Waals surface area contributed by atoms with Gasteiger partial charge >= 0.3 is 5.97 Å². The molecule has 33 heteroatoms. The normalized spacial score (nSPS) is 21.1. The second kappa shape index (κ2) is 31.3. The van der Waals surface area contributed by atoms with Crippen LogP contribution in [0, 0.1) is 12.7 Å². The summed E-state index contributed by atoms with van der Waals surface area (Å²) in [6, 6.07) is 7.89. The lowest BCUT2D eigenvalue weighted by molar-refractivity contribution is -0.217. The van der Waals surface area contributed by atoms with Crippen LogP contribution >= 0.6 is 0 Å². The number of carbonyl (C=O) groups excluding carboxylic acids is 12. The molecule has 1 fully saturated rings. The molecule has 4 aromatic rings. The zero-order chi connectivity index (χ0) is 70.0. The third kappa shape index (κ3) is 16.5. The molecular weight excluding hydrogens is 1280 g/mol. The molecule has 97 heavy (non-hydrogen) atoms. The Kier molecular flexibility index (Phi) is 23.0. The van der Waals surface area contributed by atoms with E-state index in [1.54, 1.807) is 50.2 Å². The largest absolute Gasteiger partial charge is 0.458 e. The lowest BCUT2D eigenvalue weighted by Gasteiger charge is -2.39. The number of aliphatic hydroxyl groups excluding tert-OH is 3. The van der Waals surface area contributed by atoms with E-state index >= 15 is 4.39 Å². The summed E-state index contributed by atoms with van der Waals surface area (Å²) in [4.78, 5) is 174. The van der Waals surface area contributed by atoms with E-state index in [2.05, 4.69) is 42.5 Å². The number of halogens is 1. The van der Waals surface area contributed by atoms with Gasteiger partial charge in [-0.15, -0.1) is 0 Å². The van der Waals surface area contributed by atoms with Crippen molar-refractivity contribution in [3.8, 4) is 11.4 Å². The number of imide groups is 1. The lowest BCUT2D eigenvalue weighted by Crippen LogP contribution is -2.62. The highest BCUT2D eigenvalue weighted by Crippen LogP contribution is 2.46. The quantitative estimate of drug-likeness (QED) is 0.00902. The molecular formula is C64H75FN12O20. The number of nitrogens with zero attached hydrogens (tertiary/aromatic N) is 3. The molecule has 5 aliphatic rings. The standard InChI is InChI=1S/C64H75FN12O20/c1-3-64(94)36-21-42-54-34(27-77(42)62(92)35(36)28-96-63(64)93)53-38(14-13-33-31(2)37(65)22-40(75-54)52(33)53)72-49(83)29-95-30-71-47(81)25-70-61(91)41(20-32-10-6-4-7-11-32)74-48(82)26-68-46(80)24-69-60(90)39(73-45(79)12-8-5-9-19-76-50(84)17-18-51(76)85)15-16-44(78)67-23-43-55(86)56(87)57(88)58(97-43)59(66)89/h4,6-7,10-11,17-18,21-22,38-39,41,43,55-58,86-88,94H,3,5,8-9,12-16,19-20,23-30H2,1-2H3,(H2,66,89)(H,67,78)(H,68,80)(H,69,90)(H,70,91)(H,71,81)(H,72,83)(H,73,79)(H,74,82)/t38-,39-,41-,43-,55-,56+,57-,58-,64-/m0/s1. The number of unbranched alkanes of at least 4 members (excludes halogenated alkanes) is 2. The zero-order valence-corrected chi connectivity index (χ0v) is 52.9. The number of fused-ring (bicyclic) bond motifs is 5. The number of esters is 1. The van der Waals surface area contributed by atoms with Crippen LogP contribution in [0.25, 0.3) is 22.3 Å². The Morgan fingerprint density at radius 3 is 2.15 bits per heavy atom. The number of rotatable bonds is 30. The first-order valence-corrected chi connectivity index (χ1v) is 31.5. The number of primary amides is 1. The van der Waals surface area contributed by atoms with Crippen LogP contribution in [0.1, 0.15) is 103 Å². The number of aliphatic hydroxyl groups is 4. The SMILES string of the molecule is CC[C@@]1(O)C(=O)OCc2c1cc1n(c2=O)Cc2c-1nc1cc(F)c(C)c3c1c2[C@@H](NC(=O)COCNC(=O)CNC(=O)[C@H](Cc1ccccc1)NC(=O)CNC(=O)CNC(=O)[C@H](CCC(=O)NC[C@@H]1O[C@H](C(N)=O)[C@@H](O)[C@H](O)[C@H]1O)NC(=O)CCCCCN1C(=O)C=CC1=O)CC3. The van der Waals surface area contributed by atoms with Gasteiger partial charge < -0.3 is 87.5 Å². The maximum absolute atomic E-state index is 15.5. The highest BCUT2D eigenvalue weighted by Gasteiger charge is 2.48. The summed E-state index contributed by atoms with van der Waals surface area (Å²) in [5, 5.41) is 62.6. The number of aryl methyl sites for hydroxylation is 1. The fourth-order valence-electron chi connectivity index (χ4n) is 12.3. The van der Waals surface area contributed by atoms with Gasteiger partial charge in [0.25, 0.3) is 17.4 Å². The Morgan fingerprint density at radius 1 is 0.773 bits per heavy atom. The number of aromatic nitrogens is 2. The summed E-state index contributed by atoms with van der Waals surface area (Å²) < 4.78 is 32.9. The van der Waals surface area contributed by atoms with Crippen LogP contribution in [-0.2, 0) is 103 Å². The molecule has 1 saturated heterocycles. The van der Waals surface area contributed by atoms with E-state index < -0.39 is 183 Å². The molecule has 2 aromatic heterocycles. The van der Waals surface area contributed by atoms with Crippen molar-refractivity contribution >= 4 is 81.9 Å². The van der Waals surface area contributed by atoms with Crippen molar-refractivity contribution in [1.29, 1.82) is 0 Å². The van der Waals surface area contributed by atoms with Crippen molar-refractivity contribution in [2.24, 2.45) is 5.73 Å². The first-order chi connectivity index (χ1) is 46.3. The van der Waals surface area contributed by atoms with Crippen LogP contribution in [0.2, 0.25) is 0 Å². The van der Waals surface area contributed by atoms with Crippen molar-refractivity contribution in [1.82, 2.24) is 57.0 Å². The smallest absolute Gasteiger partial charge is 0.343 e. The number of nitrogens with one attached hydrogen (secondary N) is 8. The molecule has 0 bridgehead atoms. The molecule has 0 radical (unpaired) electrons. The van der Waals surface area contributed by atoms with Crippen molar-refractivity contribution in [3.63, 3.8) is 0 Å². The summed E-state index contributed by atoms with van der Waals surface area (Å²) in [5.41, 5.74) is 6.64. The molecule has 6 heterocycles. The minimum absolute atomic E-state index is 0.0144. The number of pyridine rings is 2. The zero-order valence-electron chi connectivity index (χ0n) is 52.9. The third-order valence-electron chi connectivity index (χ3n) is 17.5. The Bertz CT molecular complexity index is 3890. The number of amides is 11. The molecule has 2 aromatic carbocycles. The van der Waals surface area contributed by atoms with E-state index in [1.165, 1.54) is 10.6 Å². The first-order valence-electron chi connectivity index (χ1n) is 31.5. The van der Waals surface area contributed by atoms with Crippen LogP contribution in [0.15, 0.2) is 59.4 Å². The summed E-state index contributed by atoms with van der Waals surface area (Å²) in [7, 11) is 0. The summed E-state index contributed by atoms with van der Waals surface area (Å²) in [5.74, 6) is -9.68. The summed E-state index contributed by atoms with van der Waals surface area (Å²) >= 11 is 0. The summed E-state index contributed by atoms with van der Waals surface area (Å²) in [6.07, 6.45) is -5.60. The van der Waals surface area contributed by atoms with Gasteiger partial charge in [0.15, 0.2) is 11.7 Å². The average molecular weight is 1350 g/mol. The van der Waals surface area contributed by atoms with Crippen LogP contribution in [0.3, 0.4) is 0 Å². The molecule has 0 spiro atoms. The minimum atomic E-state index is -2.09. The molecule has 0 saturated carbocycles. The van der Waals surface area contributed by atoms with Crippen LogP contribution < -0.4 is 53.8 Å². The molecule has 518 valence electrons. The van der Waals surface area contributed by atoms with Crippen molar-refractivity contribution in [2.45, 2.75) is 145 Å². The van der Waals surface area contributed by atoms with E-state index in [0.717, 1.165) is 17.1 Å².